The maximum atomic E-state index is 13.0. The Hall–Kier alpha value is -3.77. The van der Waals surface area contributed by atoms with Gasteiger partial charge in [0.15, 0.2) is 12.4 Å². The molecule has 9 nitrogen and oxygen atoms in total. The average molecular weight is 549 g/mol. The van der Waals surface area contributed by atoms with Crippen LogP contribution in [0.5, 0.6) is 5.88 Å². The summed E-state index contributed by atoms with van der Waals surface area (Å²) >= 11 is 6.47. The summed E-state index contributed by atoms with van der Waals surface area (Å²) in [6, 6.07) is 7.78. The SMILES string of the molecule is Cc1c(N)c(NCCN(C)C)nc(OCC(F)(F)F)c1Nc1ncc(Cl)c(-c2cn(C)c3ccccc23)n1. The summed E-state index contributed by atoms with van der Waals surface area (Å²) in [5.41, 5.74) is 9.32. The number of halogens is 4. The van der Waals surface area contributed by atoms with Gasteiger partial charge in [0, 0.05) is 48.4 Å². The maximum absolute atomic E-state index is 13.0. The monoisotopic (exact) mass is 548 g/mol. The Morgan fingerprint density at radius 1 is 1.18 bits per heavy atom. The van der Waals surface area contributed by atoms with E-state index in [2.05, 4.69) is 25.6 Å². The lowest BCUT2D eigenvalue weighted by Gasteiger charge is -2.20. The third-order valence-electron chi connectivity index (χ3n) is 5.82. The number of anilines is 4. The number of nitrogens with two attached hydrogens (primary N) is 1. The van der Waals surface area contributed by atoms with E-state index in [0.717, 1.165) is 16.5 Å². The molecule has 0 fully saturated rings. The summed E-state index contributed by atoms with van der Waals surface area (Å²) in [5.74, 6) is 0.0268. The molecule has 4 aromatic rings. The second-order valence-electron chi connectivity index (χ2n) is 9.00. The van der Waals surface area contributed by atoms with Crippen molar-refractivity contribution in [3.8, 4) is 17.1 Å². The van der Waals surface area contributed by atoms with Crippen LogP contribution in [0.4, 0.5) is 36.3 Å². The molecule has 38 heavy (non-hydrogen) atoms. The van der Waals surface area contributed by atoms with Crippen molar-refractivity contribution < 1.29 is 17.9 Å². The summed E-state index contributed by atoms with van der Waals surface area (Å²) in [7, 11) is 5.71. The van der Waals surface area contributed by atoms with Crippen LogP contribution in [-0.4, -0.2) is 64.4 Å². The molecule has 4 rings (SSSR count). The number of ether oxygens (including phenoxy) is 1. The molecule has 3 aromatic heterocycles. The van der Waals surface area contributed by atoms with E-state index in [4.69, 9.17) is 22.1 Å². The summed E-state index contributed by atoms with van der Waals surface area (Å²) in [5, 5.41) is 7.26. The number of nitrogens with one attached hydrogen (secondary N) is 2. The molecule has 0 saturated heterocycles. The zero-order valence-corrected chi connectivity index (χ0v) is 22.1. The average Bonchev–Trinajstić information content (AvgIpc) is 3.19. The molecule has 0 aliphatic carbocycles. The van der Waals surface area contributed by atoms with Crippen molar-refractivity contribution in [2.75, 3.05) is 50.2 Å². The lowest BCUT2D eigenvalue weighted by molar-refractivity contribution is -0.153. The Kier molecular flexibility index (Phi) is 7.83. The normalized spacial score (nSPS) is 11.8. The number of nitrogen functional groups attached to an aromatic ring is 1. The van der Waals surface area contributed by atoms with Crippen molar-refractivity contribution in [2.24, 2.45) is 7.05 Å². The van der Waals surface area contributed by atoms with Gasteiger partial charge in [0.2, 0.25) is 11.8 Å². The van der Waals surface area contributed by atoms with E-state index in [1.54, 1.807) is 6.92 Å². The lowest BCUT2D eigenvalue weighted by Crippen LogP contribution is -2.23. The fraction of sp³-hybridized carbons (Fsp3) is 0.320. The molecular formula is C25H28ClF3N8O. The number of aryl methyl sites for hydroxylation is 1. The molecule has 3 heterocycles. The molecule has 0 atom stereocenters. The highest BCUT2D eigenvalue weighted by Gasteiger charge is 2.30. The predicted molar refractivity (Wildman–Crippen MR) is 144 cm³/mol. The van der Waals surface area contributed by atoms with Crippen molar-refractivity contribution in [1.82, 2.24) is 24.4 Å². The molecular weight excluding hydrogens is 521 g/mol. The minimum absolute atomic E-state index is 0.0896. The fourth-order valence-electron chi connectivity index (χ4n) is 3.88. The van der Waals surface area contributed by atoms with E-state index >= 15 is 0 Å². The number of nitrogens with zero attached hydrogens (tertiary/aromatic N) is 5. The van der Waals surface area contributed by atoms with Crippen molar-refractivity contribution >= 4 is 45.6 Å². The third kappa shape index (κ3) is 6.03. The van der Waals surface area contributed by atoms with Gasteiger partial charge in [-0.25, -0.2) is 9.97 Å². The van der Waals surface area contributed by atoms with E-state index in [9.17, 15) is 13.2 Å². The lowest BCUT2D eigenvalue weighted by atomic mass is 10.1. The first-order chi connectivity index (χ1) is 17.9. The van der Waals surface area contributed by atoms with Crippen molar-refractivity contribution in [3.05, 3.63) is 47.2 Å². The van der Waals surface area contributed by atoms with Gasteiger partial charge in [-0.2, -0.15) is 18.2 Å². The highest BCUT2D eigenvalue weighted by Crippen LogP contribution is 2.38. The number of rotatable bonds is 9. The number of pyridine rings is 1. The standard InChI is InChI=1S/C25H28ClF3N8O/c1-14-19(30)22(31-9-10-36(2)3)35-23(38-13-25(27,28)29)20(14)33-24-32-11-17(26)21(34-24)16-12-37(4)18-8-6-5-7-15(16)18/h5-8,11-12H,9-10,13,30H2,1-4H3,(H,31,35)(H,32,33,34). The molecule has 1 aromatic carbocycles. The minimum atomic E-state index is -4.56. The van der Waals surface area contributed by atoms with E-state index < -0.39 is 12.8 Å². The summed E-state index contributed by atoms with van der Waals surface area (Å²) in [4.78, 5) is 15.0. The van der Waals surface area contributed by atoms with Gasteiger partial charge in [-0.3, -0.25) is 0 Å². The molecule has 0 unspecified atom stereocenters. The predicted octanol–water partition coefficient (Wildman–Crippen LogP) is 5.23. The van der Waals surface area contributed by atoms with Crippen molar-refractivity contribution in [2.45, 2.75) is 13.1 Å². The first-order valence-electron chi connectivity index (χ1n) is 11.7. The van der Waals surface area contributed by atoms with Crippen LogP contribution in [0.2, 0.25) is 5.02 Å². The molecule has 4 N–H and O–H groups in total. The molecule has 0 spiro atoms. The molecule has 202 valence electrons. The fourth-order valence-corrected chi connectivity index (χ4v) is 4.08. The number of hydrogen-bond donors (Lipinski definition) is 3. The molecule has 13 heteroatoms. The van der Waals surface area contributed by atoms with Gasteiger partial charge in [0.05, 0.1) is 22.6 Å². The third-order valence-corrected chi connectivity index (χ3v) is 6.09. The van der Waals surface area contributed by atoms with E-state index in [1.165, 1.54) is 6.20 Å². The van der Waals surface area contributed by atoms with Gasteiger partial charge in [-0.15, -0.1) is 0 Å². The van der Waals surface area contributed by atoms with Crippen molar-refractivity contribution in [3.63, 3.8) is 0 Å². The second-order valence-corrected chi connectivity index (χ2v) is 9.41. The molecule has 0 amide bonds. The van der Waals surface area contributed by atoms with Gasteiger partial charge in [-0.1, -0.05) is 29.8 Å². The molecule has 0 saturated carbocycles. The van der Waals surface area contributed by atoms with Crippen LogP contribution in [0.25, 0.3) is 22.2 Å². The number of alkyl halides is 3. The highest BCUT2D eigenvalue weighted by molar-refractivity contribution is 6.33. The smallest absolute Gasteiger partial charge is 0.422 e. The largest absolute Gasteiger partial charge is 0.466 e. The Morgan fingerprint density at radius 3 is 2.63 bits per heavy atom. The van der Waals surface area contributed by atoms with Crippen molar-refractivity contribution in [1.29, 1.82) is 0 Å². The minimum Gasteiger partial charge on any atom is -0.466 e. The van der Waals surface area contributed by atoms with Crippen LogP contribution in [0.3, 0.4) is 0 Å². The molecule has 0 aliphatic heterocycles. The maximum Gasteiger partial charge on any atom is 0.422 e. The Morgan fingerprint density at radius 2 is 1.92 bits per heavy atom. The Balaban J connectivity index is 1.73. The van der Waals surface area contributed by atoms with Crippen LogP contribution in [-0.2, 0) is 7.05 Å². The first-order valence-corrected chi connectivity index (χ1v) is 12.0. The summed E-state index contributed by atoms with van der Waals surface area (Å²) < 4.78 is 46.1. The first kappa shape index (κ1) is 27.3. The van der Waals surface area contributed by atoms with Crippen LogP contribution < -0.4 is 21.1 Å². The van der Waals surface area contributed by atoms with Gasteiger partial charge >= 0.3 is 6.18 Å². The van der Waals surface area contributed by atoms with E-state index in [-0.39, 0.29) is 29.0 Å². The topological polar surface area (TPSA) is 106 Å². The van der Waals surface area contributed by atoms with Crippen LogP contribution in [0.1, 0.15) is 5.56 Å². The van der Waals surface area contributed by atoms with Gasteiger partial charge in [-0.05, 0) is 27.1 Å². The number of fused-ring (bicyclic) bond motifs is 1. The Bertz CT molecular complexity index is 1460. The van der Waals surface area contributed by atoms with Gasteiger partial charge in [0.1, 0.15) is 5.69 Å². The number of benzene rings is 1. The van der Waals surface area contributed by atoms with Crippen LogP contribution >= 0.6 is 11.6 Å². The van der Waals surface area contributed by atoms with Crippen LogP contribution in [0, 0.1) is 6.92 Å². The number of likely N-dealkylation sites (N-methyl/N-ethyl adjacent to an activating group) is 1. The molecule has 0 bridgehead atoms. The van der Waals surface area contributed by atoms with Gasteiger partial charge < -0.3 is 30.6 Å². The number of aromatic nitrogens is 4. The molecule has 0 aliphatic rings. The van der Waals surface area contributed by atoms with Gasteiger partial charge in [0.25, 0.3) is 0 Å². The molecule has 0 radical (unpaired) electrons. The van der Waals surface area contributed by atoms with E-state index in [0.29, 0.717) is 29.4 Å². The second kappa shape index (κ2) is 10.9. The Labute approximate surface area is 222 Å². The summed E-state index contributed by atoms with van der Waals surface area (Å²) in [6.45, 7) is 1.26. The van der Waals surface area contributed by atoms with E-state index in [1.807, 2.05) is 61.1 Å². The summed E-state index contributed by atoms with van der Waals surface area (Å²) in [6.07, 6.45) is -1.24. The quantitative estimate of drug-likeness (QED) is 0.261. The number of para-hydroxylation sites is 1. The number of hydrogen-bond acceptors (Lipinski definition) is 8. The zero-order valence-electron chi connectivity index (χ0n) is 21.3. The highest BCUT2D eigenvalue weighted by atomic mass is 35.5. The zero-order chi connectivity index (χ0) is 27.6. The van der Waals surface area contributed by atoms with Crippen LogP contribution in [0.15, 0.2) is 36.7 Å².